The number of hydrogen-bond acceptors (Lipinski definition) is 5. The highest BCUT2D eigenvalue weighted by Crippen LogP contribution is 2.69. The number of aliphatic hydroxyl groups is 3. The Morgan fingerprint density at radius 1 is 1.00 bits per heavy atom. The van der Waals surface area contributed by atoms with Crippen LogP contribution in [0.5, 0.6) is 0 Å². The molecule has 8 atom stereocenters. The molecule has 5 heteroatoms. The van der Waals surface area contributed by atoms with Crippen LogP contribution in [0.1, 0.15) is 65.2 Å². The van der Waals surface area contributed by atoms with Crippen molar-refractivity contribution in [2.45, 2.75) is 77.1 Å². The van der Waals surface area contributed by atoms with Gasteiger partial charge in [0.1, 0.15) is 12.7 Å². The third-order valence-corrected chi connectivity index (χ3v) is 10.1. The molecule has 5 nitrogen and oxygen atoms in total. The van der Waals surface area contributed by atoms with E-state index in [9.17, 15) is 20.1 Å². The number of esters is 1. The van der Waals surface area contributed by atoms with Crippen LogP contribution in [0.3, 0.4) is 0 Å². The van der Waals surface area contributed by atoms with E-state index in [4.69, 9.17) is 4.74 Å². The van der Waals surface area contributed by atoms with Crippen molar-refractivity contribution in [3.63, 3.8) is 0 Å². The van der Waals surface area contributed by atoms with Gasteiger partial charge >= 0.3 is 5.97 Å². The van der Waals surface area contributed by atoms with Crippen LogP contribution in [0.15, 0.2) is 11.6 Å². The van der Waals surface area contributed by atoms with Gasteiger partial charge in [0.05, 0.1) is 0 Å². The van der Waals surface area contributed by atoms with Crippen LogP contribution in [-0.2, 0) is 9.53 Å². The Morgan fingerprint density at radius 3 is 2.46 bits per heavy atom. The molecule has 4 fully saturated rings. The monoisotopic (exact) mass is 390 g/mol. The van der Waals surface area contributed by atoms with Crippen LogP contribution in [0.25, 0.3) is 0 Å². The Morgan fingerprint density at radius 2 is 1.75 bits per heavy atom. The summed E-state index contributed by atoms with van der Waals surface area (Å²) in [5, 5.41) is 32.5. The van der Waals surface area contributed by atoms with Gasteiger partial charge in [-0.2, -0.15) is 0 Å². The Labute approximate surface area is 167 Å². The number of fused-ring (bicyclic) bond motifs is 5. The first-order valence-corrected chi connectivity index (χ1v) is 11.2. The maximum atomic E-state index is 11.6. The van der Waals surface area contributed by atoms with E-state index in [2.05, 4.69) is 6.92 Å². The number of aliphatic hydroxyl groups excluding tert-OH is 1. The zero-order valence-corrected chi connectivity index (χ0v) is 17.1. The fourth-order valence-corrected chi connectivity index (χ4v) is 8.57. The summed E-state index contributed by atoms with van der Waals surface area (Å²) in [5.74, 6) is -0.279. The molecule has 0 aromatic heterocycles. The van der Waals surface area contributed by atoms with Gasteiger partial charge in [-0.05, 0) is 91.9 Å². The molecule has 0 aromatic rings. The summed E-state index contributed by atoms with van der Waals surface area (Å²) < 4.78 is 5.21. The molecule has 3 N–H and O–H groups in total. The molecule has 4 aliphatic carbocycles. The van der Waals surface area contributed by atoms with Crippen LogP contribution in [0.4, 0.5) is 0 Å². The van der Waals surface area contributed by atoms with Crippen molar-refractivity contribution in [3.8, 4) is 0 Å². The second-order valence-corrected chi connectivity index (χ2v) is 10.8. The van der Waals surface area contributed by atoms with E-state index in [0.717, 1.165) is 44.9 Å². The van der Waals surface area contributed by atoms with Crippen molar-refractivity contribution in [1.82, 2.24) is 0 Å². The number of hydrogen-bond donors (Lipinski definition) is 3. The predicted molar refractivity (Wildman–Crippen MR) is 103 cm³/mol. The quantitative estimate of drug-likeness (QED) is 0.473. The van der Waals surface area contributed by atoms with Gasteiger partial charge in [0, 0.05) is 11.5 Å². The zero-order chi connectivity index (χ0) is 19.9. The van der Waals surface area contributed by atoms with Crippen molar-refractivity contribution >= 4 is 5.97 Å². The molecular formula is C23H34O5. The molecule has 0 spiro atoms. The fourth-order valence-electron chi connectivity index (χ4n) is 8.57. The molecule has 0 aromatic carbocycles. The summed E-state index contributed by atoms with van der Waals surface area (Å²) in [6, 6.07) is 0. The molecule has 1 heterocycles. The molecule has 0 amide bonds. The second-order valence-electron chi connectivity index (χ2n) is 10.8. The normalized spacial score (nSPS) is 52.3. The molecule has 0 saturated heterocycles. The Hall–Kier alpha value is -0.910. The first-order valence-electron chi connectivity index (χ1n) is 11.2. The summed E-state index contributed by atoms with van der Waals surface area (Å²) in [4.78, 5) is 11.6. The van der Waals surface area contributed by atoms with Crippen LogP contribution in [0.2, 0.25) is 0 Å². The Kier molecular flexibility index (Phi) is 4.12. The molecule has 5 rings (SSSR count). The average molecular weight is 391 g/mol. The van der Waals surface area contributed by atoms with Gasteiger partial charge in [-0.25, -0.2) is 4.79 Å². The lowest BCUT2D eigenvalue weighted by atomic mass is 9.43. The van der Waals surface area contributed by atoms with E-state index in [1.54, 1.807) is 6.08 Å². The molecule has 0 radical (unpaired) electrons. The van der Waals surface area contributed by atoms with Crippen LogP contribution >= 0.6 is 0 Å². The lowest BCUT2D eigenvalue weighted by Crippen LogP contribution is -2.68. The Bertz CT molecular complexity index is 714. The maximum Gasteiger partial charge on any atom is 0.331 e. The largest absolute Gasteiger partial charge is 0.458 e. The minimum Gasteiger partial charge on any atom is -0.458 e. The molecule has 1 unspecified atom stereocenters. The average Bonchev–Trinajstić information content (AvgIpc) is 3.22. The first kappa shape index (κ1) is 19.1. The summed E-state index contributed by atoms with van der Waals surface area (Å²) in [5.41, 5.74) is 0.684. The number of rotatable bonds is 1. The van der Waals surface area contributed by atoms with Gasteiger partial charge in [-0.1, -0.05) is 13.8 Å². The van der Waals surface area contributed by atoms with Crippen LogP contribution in [0, 0.1) is 40.4 Å². The lowest BCUT2D eigenvalue weighted by molar-refractivity contribution is -0.349. The van der Waals surface area contributed by atoms with E-state index < -0.39 is 17.3 Å². The Balaban J connectivity index is 1.47. The van der Waals surface area contributed by atoms with Gasteiger partial charge in [-0.3, -0.25) is 0 Å². The van der Waals surface area contributed by atoms with Crippen LogP contribution < -0.4 is 0 Å². The maximum absolute atomic E-state index is 11.6. The van der Waals surface area contributed by atoms with Crippen LogP contribution in [-0.4, -0.2) is 39.8 Å². The second kappa shape index (κ2) is 6.05. The molecule has 28 heavy (non-hydrogen) atoms. The van der Waals surface area contributed by atoms with Crippen molar-refractivity contribution in [2.24, 2.45) is 40.4 Å². The van der Waals surface area contributed by atoms with Gasteiger partial charge in [0.25, 0.3) is 0 Å². The van der Waals surface area contributed by atoms with E-state index in [0.29, 0.717) is 30.8 Å². The van der Waals surface area contributed by atoms with Crippen molar-refractivity contribution in [2.75, 3.05) is 6.61 Å². The highest BCUT2D eigenvalue weighted by atomic mass is 16.5. The van der Waals surface area contributed by atoms with Gasteiger partial charge < -0.3 is 20.1 Å². The standard InChI is InChI=1S/C23H34O5/c1-21-10-9-18-15(17(21)7-6-16(21)13-11-20(25)28-12-13)5-3-14-4-8-19(24)23(26,27)22(14,18)2/h11,14-19,24,26-27H,3-10,12H2,1-2H3/t14-,15+,16+,17-,18+,19?,21-,22+/m1/s1. The molecule has 1 aliphatic heterocycles. The first-order chi connectivity index (χ1) is 13.2. The number of carbonyl (C=O) groups is 1. The van der Waals surface area contributed by atoms with Crippen molar-refractivity contribution < 1.29 is 24.9 Å². The van der Waals surface area contributed by atoms with E-state index >= 15 is 0 Å². The summed E-state index contributed by atoms with van der Waals surface area (Å²) >= 11 is 0. The number of ether oxygens (including phenoxy) is 1. The zero-order valence-electron chi connectivity index (χ0n) is 17.1. The smallest absolute Gasteiger partial charge is 0.331 e. The molecule has 0 bridgehead atoms. The third-order valence-electron chi connectivity index (χ3n) is 10.1. The SMILES string of the molecule is C[C@]12CC[C@H]3[C@@H](CC[C@@H]4CCC(O)C(O)(O)[C@@]43C)[C@H]1CC[C@H]2C1=CC(=O)OC1. The molecule has 4 saturated carbocycles. The lowest BCUT2D eigenvalue weighted by Gasteiger charge is -2.64. The minimum atomic E-state index is -2.00. The molecule has 5 aliphatic rings. The molecule has 156 valence electrons. The predicted octanol–water partition coefficient (Wildman–Crippen LogP) is 2.78. The number of carbonyl (C=O) groups excluding carboxylic acids is 1. The summed E-state index contributed by atoms with van der Waals surface area (Å²) in [6.07, 6.45) is 8.46. The van der Waals surface area contributed by atoms with Gasteiger partial charge in [0.2, 0.25) is 0 Å². The van der Waals surface area contributed by atoms with Crippen molar-refractivity contribution in [3.05, 3.63) is 11.6 Å². The van der Waals surface area contributed by atoms with Crippen molar-refractivity contribution in [1.29, 1.82) is 0 Å². The third kappa shape index (κ3) is 2.27. The topological polar surface area (TPSA) is 87.0 Å². The molecular weight excluding hydrogens is 356 g/mol. The minimum absolute atomic E-state index is 0.158. The van der Waals surface area contributed by atoms with E-state index in [1.807, 2.05) is 6.92 Å². The van der Waals surface area contributed by atoms with Gasteiger partial charge in [-0.15, -0.1) is 0 Å². The van der Waals surface area contributed by atoms with E-state index in [1.165, 1.54) is 5.57 Å². The van der Waals surface area contributed by atoms with E-state index in [-0.39, 0.29) is 23.2 Å². The van der Waals surface area contributed by atoms with Gasteiger partial charge in [0.15, 0.2) is 5.79 Å². The highest BCUT2D eigenvalue weighted by molar-refractivity contribution is 5.85. The summed E-state index contributed by atoms with van der Waals surface area (Å²) in [7, 11) is 0. The fraction of sp³-hybridized carbons (Fsp3) is 0.870. The summed E-state index contributed by atoms with van der Waals surface area (Å²) in [6.45, 7) is 4.88. The number of cyclic esters (lactones) is 1. The highest BCUT2D eigenvalue weighted by Gasteiger charge is 2.67.